The summed E-state index contributed by atoms with van der Waals surface area (Å²) in [6.07, 6.45) is 0. The number of hydrogen-bond donors (Lipinski definition) is 1. The smallest absolute Gasteiger partial charge is 0.0219 e. The molecule has 14 heavy (non-hydrogen) atoms. The van der Waals surface area contributed by atoms with Gasteiger partial charge in [0, 0.05) is 24.7 Å². The Labute approximate surface area is 89.2 Å². The van der Waals surface area contributed by atoms with Crippen LogP contribution in [0.15, 0.2) is 0 Å². The van der Waals surface area contributed by atoms with Gasteiger partial charge in [-0.3, -0.25) is 4.90 Å². The summed E-state index contributed by atoms with van der Waals surface area (Å²) in [6.45, 7) is 10.9. The Bertz CT molecular complexity index is 145. The lowest BCUT2D eigenvalue weighted by molar-refractivity contribution is 0.124. The van der Waals surface area contributed by atoms with Gasteiger partial charge in [-0.05, 0) is 41.4 Å². The molecule has 3 atom stereocenters. The zero-order chi connectivity index (χ0) is 11.3. The molecule has 2 N–H and O–H groups in total. The molecule has 0 saturated carbocycles. The minimum absolute atomic E-state index is 0.236. The van der Waals surface area contributed by atoms with Crippen molar-refractivity contribution < 1.29 is 0 Å². The van der Waals surface area contributed by atoms with Crippen molar-refractivity contribution in [3.8, 4) is 0 Å². The second kappa shape index (κ2) is 6.38. The SMILES string of the molecule is CCN(C(C)CN(C)C)C(C)C(C)N. The van der Waals surface area contributed by atoms with Crippen LogP contribution in [0.3, 0.4) is 0 Å². The molecular formula is C11H27N3. The topological polar surface area (TPSA) is 32.5 Å². The maximum absolute atomic E-state index is 5.93. The van der Waals surface area contributed by atoms with Crippen LogP contribution >= 0.6 is 0 Å². The second-order valence-electron chi connectivity index (χ2n) is 4.54. The van der Waals surface area contributed by atoms with E-state index >= 15 is 0 Å². The number of nitrogens with two attached hydrogens (primary N) is 1. The molecule has 0 saturated heterocycles. The molecule has 3 unspecified atom stereocenters. The van der Waals surface area contributed by atoms with Crippen molar-refractivity contribution in [2.45, 2.75) is 45.8 Å². The molecule has 0 aromatic rings. The molecule has 0 rings (SSSR count). The van der Waals surface area contributed by atoms with Crippen molar-refractivity contribution >= 4 is 0 Å². The molecule has 0 aliphatic rings. The first-order valence-corrected chi connectivity index (χ1v) is 5.56. The highest BCUT2D eigenvalue weighted by Crippen LogP contribution is 2.08. The Morgan fingerprint density at radius 3 is 1.93 bits per heavy atom. The Balaban J connectivity index is 4.24. The third-order valence-corrected chi connectivity index (χ3v) is 2.84. The summed E-state index contributed by atoms with van der Waals surface area (Å²) in [5, 5.41) is 0. The van der Waals surface area contributed by atoms with Crippen LogP contribution < -0.4 is 5.73 Å². The lowest BCUT2D eigenvalue weighted by Crippen LogP contribution is -2.51. The van der Waals surface area contributed by atoms with Gasteiger partial charge in [0.2, 0.25) is 0 Å². The Morgan fingerprint density at radius 1 is 1.14 bits per heavy atom. The van der Waals surface area contributed by atoms with Crippen molar-refractivity contribution in [2.24, 2.45) is 5.73 Å². The normalized spacial score (nSPS) is 18.6. The molecule has 0 radical (unpaired) electrons. The maximum atomic E-state index is 5.93. The minimum atomic E-state index is 0.236. The summed E-state index contributed by atoms with van der Waals surface area (Å²) >= 11 is 0. The van der Waals surface area contributed by atoms with Gasteiger partial charge < -0.3 is 10.6 Å². The van der Waals surface area contributed by atoms with Gasteiger partial charge >= 0.3 is 0 Å². The first-order valence-electron chi connectivity index (χ1n) is 5.56. The number of hydrogen-bond acceptors (Lipinski definition) is 3. The average Bonchev–Trinajstić information content (AvgIpc) is 2.03. The quantitative estimate of drug-likeness (QED) is 0.696. The van der Waals surface area contributed by atoms with Crippen LogP contribution in [-0.2, 0) is 0 Å². The fraction of sp³-hybridized carbons (Fsp3) is 1.00. The number of likely N-dealkylation sites (N-methyl/N-ethyl adjacent to an activating group) is 2. The Morgan fingerprint density at radius 2 is 1.64 bits per heavy atom. The van der Waals surface area contributed by atoms with E-state index in [4.69, 9.17) is 5.73 Å². The predicted octanol–water partition coefficient (Wildman–Crippen LogP) is 0.994. The van der Waals surface area contributed by atoms with Crippen LogP contribution in [0.25, 0.3) is 0 Å². The fourth-order valence-corrected chi connectivity index (χ4v) is 1.94. The Hall–Kier alpha value is -0.120. The van der Waals surface area contributed by atoms with Crippen molar-refractivity contribution in [1.29, 1.82) is 0 Å². The van der Waals surface area contributed by atoms with Gasteiger partial charge in [0.1, 0.15) is 0 Å². The van der Waals surface area contributed by atoms with Crippen LogP contribution in [0.5, 0.6) is 0 Å². The predicted molar refractivity (Wildman–Crippen MR) is 63.5 cm³/mol. The Kier molecular flexibility index (Phi) is 6.33. The van der Waals surface area contributed by atoms with E-state index < -0.39 is 0 Å². The maximum Gasteiger partial charge on any atom is 0.0219 e. The molecule has 0 aliphatic carbocycles. The second-order valence-corrected chi connectivity index (χ2v) is 4.54. The van der Waals surface area contributed by atoms with E-state index in [1.807, 2.05) is 0 Å². The summed E-state index contributed by atoms with van der Waals surface area (Å²) in [5.41, 5.74) is 5.93. The van der Waals surface area contributed by atoms with Gasteiger partial charge in [0.25, 0.3) is 0 Å². The third kappa shape index (κ3) is 4.40. The third-order valence-electron chi connectivity index (χ3n) is 2.84. The molecular weight excluding hydrogens is 174 g/mol. The zero-order valence-corrected chi connectivity index (χ0v) is 10.6. The summed E-state index contributed by atoms with van der Waals surface area (Å²) in [7, 11) is 4.22. The monoisotopic (exact) mass is 201 g/mol. The number of rotatable bonds is 6. The van der Waals surface area contributed by atoms with E-state index in [9.17, 15) is 0 Å². The van der Waals surface area contributed by atoms with Crippen molar-refractivity contribution in [1.82, 2.24) is 9.80 Å². The highest BCUT2D eigenvalue weighted by molar-refractivity contribution is 4.79. The van der Waals surface area contributed by atoms with Gasteiger partial charge in [-0.15, -0.1) is 0 Å². The molecule has 0 fully saturated rings. The molecule has 3 heteroatoms. The highest BCUT2D eigenvalue weighted by Gasteiger charge is 2.21. The van der Waals surface area contributed by atoms with Crippen molar-refractivity contribution in [3.63, 3.8) is 0 Å². The van der Waals surface area contributed by atoms with E-state index in [2.05, 4.69) is 51.6 Å². The summed E-state index contributed by atoms with van der Waals surface area (Å²) in [6, 6.07) is 1.26. The zero-order valence-electron chi connectivity index (χ0n) is 10.6. The largest absolute Gasteiger partial charge is 0.327 e. The molecule has 0 bridgehead atoms. The van der Waals surface area contributed by atoms with Gasteiger partial charge in [0.15, 0.2) is 0 Å². The molecule has 86 valence electrons. The van der Waals surface area contributed by atoms with Crippen LogP contribution in [0.2, 0.25) is 0 Å². The van der Waals surface area contributed by atoms with Crippen LogP contribution in [0, 0.1) is 0 Å². The van der Waals surface area contributed by atoms with Crippen molar-refractivity contribution in [3.05, 3.63) is 0 Å². The molecule has 0 aromatic heterocycles. The molecule has 0 aliphatic heterocycles. The first-order chi connectivity index (χ1) is 6.40. The molecule has 0 heterocycles. The highest BCUT2D eigenvalue weighted by atomic mass is 15.2. The van der Waals surface area contributed by atoms with E-state index in [1.54, 1.807) is 0 Å². The van der Waals surface area contributed by atoms with Crippen LogP contribution in [0.1, 0.15) is 27.7 Å². The van der Waals surface area contributed by atoms with Gasteiger partial charge in [-0.1, -0.05) is 6.92 Å². The lowest BCUT2D eigenvalue weighted by Gasteiger charge is -2.36. The van der Waals surface area contributed by atoms with Gasteiger partial charge in [-0.25, -0.2) is 0 Å². The fourth-order valence-electron chi connectivity index (χ4n) is 1.94. The molecule has 3 nitrogen and oxygen atoms in total. The van der Waals surface area contributed by atoms with Crippen LogP contribution in [0.4, 0.5) is 0 Å². The van der Waals surface area contributed by atoms with E-state index in [-0.39, 0.29) is 6.04 Å². The van der Waals surface area contributed by atoms with E-state index in [0.29, 0.717) is 12.1 Å². The number of nitrogens with zero attached hydrogens (tertiary/aromatic N) is 2. The molecule has 0 amide bonds. The van der Waals surface area contributed by atoms with Crippen LogP contribution in [-0.4, -0.2) is 55.1 Å². The summed E-state index contributed by atoms with van der Waals surface area (Å²) in [5.74, 6) is 0. The molecule has 0 spiro atoms. The van der Waals surface area contributed by atoms with Gasteiger partial charge in [-0.2, -0.15) is 0 Å². The average molecular weight is 201 g/mol. The van der Waals surface area contributed by atoms with Crippen molar-refractivity contribution in [2.75, 3.05) is 27.2 Å². The lowest BCUT2D eigenvalue weighted by atomic mass is 10.1. The molecule has 0 aromatic carbocycles. The van der Waals surface area contributed by atoms with Gasteiger partial charge in [0.05, 0.1) is 0 Å². The van der Waals surface area contributed by atoms with E-state index in [0.717, 1.165) is 13.1 Å². The first kappa shape index (κ1) is 13.9. The summed E-state index contributed by atoms with van der Waals surface area (Å²) < 4.78 is 0. The van der Waals surface area contributed by atoms with E-state index in [1.165, 1.54) is 0 Å². The summed E-state index contributed by atoms with van der Waals surface area (Å²) in [4.78, 5) is 4.69. The minimum Gasteiger partial charge on any atom is -0.327 e. The standard InChI is InChI=1S/C11H27N3/c1-7-14(11(4)10(3)12)9(2)8-13(5)6/h9-11H,7-8,12H2,1-6H3.